The van der Waals surface area contributed by atoms with Crippen LogP contribution in [0.15, 0.2) is 18.5 Å². The Morgan fingerprint density at radius 2 is 2.09 bits per heavy atom. The largest absolute Gasteiger partial charge is 0.381 e. The molecule has 6 heteroatoms. The molecule has 2 aromatic heterocycles. The van der Waals surface area contributed by atoms with Gasteiger partial charge in [-0.3, -0.25) is 4.98 Å². The lowest BCUT2D eigenvalue weighted by molar-refractivity contribution is 0.104. The molecular weight excluding hydrogens is 290 g/mol. The number of aryl methyl sites for hydroxylation is 2. The van der Waals surface area contributed by atoms with Crippen LogP contribution in [0.25, 0.3) is 5.82 Å². The van der Waals surface area contributed by atoms with Crippen LogP contribution in [0, 0.1) is 19.8 Å². The number of aromatic nitrogens is 4. The van der Waals surface area contributed by atoms with E-state index in [0.717, 1.165) is 49.3 Å². The summed E-state index contributed by atoms with van der Waals surface area (Å²) in [5.41, 5.74) is 2.06. The van der Waals surface area contributed by atoms with E-state index >= 15 is 0 Å². The average molecular weight is 315 g/mol. The molecule has 0 radical (unpaired) electrons. The third kappa shape index (κ3) is 3.69. The highest BCUT2D eigenvalue weighted by Crippen LogP contribution is 2.22. The minimum Gasteiger partial charge on any atom is -0.381 e. The van der Waals surface area contributed by atoms with Crippen LogP contribution >= 0.6 is 0 Å². The Balaban J connectivity index is 1.78. The summed E-state index contributed by atoms with van der Waals surface area (Å²) in [5, 5.41) is 4.50. The van der Waals surface area contributed by atoms with E-state index in [1.165, 1.54) is 12.8 Å². The predicted octanol–water partition coefficient (Wildman–Crippen LogP) is 2.53. The Kier molecular flexibility index (Phi) is 4.91. The quantitative estimate of drug-likeness (QED) is 0.848. The third-order valence-corrected chi connectivity index (χ3v) is 4.24. The molecule has 1 saturated heterocycles. The highest BCUT2D eigenvalue weighted by molar-refractivity contribution is 5.40. The normalized spacial score (nSPS) is 18.4. The van der Waals surface area contributed by atoms with Crippen molar-refractivity contribution in [1.29, 1.82) is 0 Å². The summed E-state index contributed by atoms with van der Waals surface area (Å²) < 4.78 is 7.45. The van der Waals surface area contributed by atoms with Gasteiger partial charge in [-0.1, -0.05) is 0 Å². The SMILES string of the molecule is CCOCC1CCCN(c2cncc(-n3nc(C)cc3C)n2)C1. The maximum atomic E-state index is 5.59. The van der Waals surface area contributed by atoms with Crippen LogP contribution in [0.2, 0.25) is 0 Å². The maximum absolute atomic E-state index is 5.59. The van der Waals surface area contributed by atoms with Crippen molar-refractivity contribution in [1.82, 2.24) is 19.7 Å². The summed E-state index contributed by atoms with van der Waals surface area (Å²) in [6.07, 6.45) is 6.01. The van der Waals surface area contributed by atoms with Gasteiger partial charge in [0.1, 0.15) is 5.82 Å². The first-order chi connectivity index (χ1) is 11.2. The molecule has 6 nitrogen and oxygen atoms in total. The molecule has 0 aliphatic carbocycles. The molecule has 1 atom stereocenters. The van der Waals surface area contributed by atoms with Gasteiger partial charge in [0.15, 0.2) is 5.82 Å². The van der Waals surface area contributed by atoms with Crippen LogP contribution in [-0.2, 0) is 4.74 Å². The molecule has 1 aliphatic heterocycles. The van der Waals surface area contributed by atoms with Crippen molar-refractivity contribution in [3.63, 3.8) is 0 Å². The third-order valence-electron chi connectivity index (χ3n) is 4.24. The minimum absolute atomic E-state index is 0.572. The van der Waals surface area contributed by atoms with Gasteiger partial charge >= 0.3 is 0 Å². The fourth-order valence-electron chi connectivity index (χ4n) is 3.15. The van der Waals surface area contributed by atoms with Gasteiger partial charge in [-0.25, -0.2) is 9.67 Å². The van der Waals surface area contributed by atoms with Crippen LogP contribution in [-0.4, -0.2) is 46.1 Å². The van der Waals surface area contributed by atoms with Crippen molar-refractivity contribution in [2.24, 2.45) is 5.92 Å². The summed E-state index contributed by atoms with van der Waals surface area (Å²) in [6.45, 7) is 9.69. The molecule has 0 aromatic carbocycles. The molecule has 23 heavy (non-hydrogen) atoms. The fourth-order valence-corrected chi connectivity index (χ4v) is 3.15. The first kappa shape index (κ1) is 15.9. The van der Waals surface area contributed by atoms with E-state index in [2.05, 4.69) is 15.0 Å². The standard InChI is InChI=1S/C17H25N5O/c1-4-23-12-15-6-5-7-21(11-15)16-9-18-10-17(19-16)22-14(3)8-13(2)20-22/h8-10,15H,4-7,11-12H2,1-3H3. The summed E-state index contributed by atoms with van der Waals surface area (Å²) in [7, 11) is 0. The van der Waals surface area contributed by atoms with Gasteiger partial charge in [0.05, 0.1) is 24.7 Å². The Hall–Kier alpha value is -1.95. The van der Waals surface area contributed by atoms with Gasteiger partial charge in [-0.05, 0) is 45.6 Å². The lowest BCUT2D eigenvalue weighted by Gasteiger charge is -2.33. The van der Waals surface area contributed by atoms with Crippen LogP contribution < -0.4 is 4.90 Å². The van der Waals surface area contributed by atoms with Gasteiger partial charge < -0.3 is 9.64 Å². The molecule has 2 aromatic rings. The highest BCUT2D eigenvalue weighted by atomic mass is 16.5. The van der Waals surface area contributed by atoms with Crippen LogP contribution in [0.1, 0.15) is 31.2 Å². The molecule has 0 spiro atoms. The van der Waals surface area contributed by atoms with E-state index in [9.17, 15) is 0 Å². The van der Waals surface area contributed by atoms with Crippen molar-refractivity contribution < 1.29 is 4.74 Å². The Morgan fingerprint density at radius 1 is 1.26 bits per heavy atom. The average Bonchev–Trinajstić information content (AvgIpc) is 2.92. The summed E-state index contributed by atoms with van der Waals surface area (Å²) >= 11 is 0. The van der Waals surface area contributed by atoms with E-state index in [-0.39, 0.29) is 0 Å². The van der Waals surface area contributed by atoms with Crippen LogP contribution in [0.5, 0.6) is 0 Å². The molecule has 0 N–H and O–H groups in total. The number of hydrogen-bond donors (Lipinski definition) is 0. The lowest BCUT2D eigenvalue weighted by Crippen LogP contribution is -2.38. The predicted molar refractivity (Wildman–Crippen MR) is 90.1 cm³/mol. The second-order valence-corrected chi connectivity index (χ2v) is 6.19. The van der Waals surface area contributed by atoms with Gasteiger partial charge in [0.2, 0.25) is 0 Å². The number of hydrogen-bond acceptors (Lipinski definition) is 5. The summed E-state index contributed by atoms with van der Waals surface area (Å²) in [4.78, 5) is 11.5. The number of ether oxygens (including phenoxy) is 1. The topological polar surface area (TPSA) is 56.1 Å². The van der Waals surface area contributed by atoms with Crippen molar-refractivity contribution in [3.05, 3.63) is 29.8 Å². The second kappa shape index (κ2) is 7.08. The number of nitrogens with zero attached hydrogens (tertiary/aromatic N) is 5. The molecular formula is C17H25N5O. The number of rotatable bonds is 5. The highest BCUT2D eigenvalue weighted by Gasteiger charge is 2.21. The first-order valence-electron chi connectivity index (χ1n) is 8.35. The molecule has 124 valence electrons. The van der Waals surface area contributed by atoms with Gasteiger partial charge in [-0.2, -0.15) is 5.10 Å². The monoisotopic (exact) mass is 315 g/mol. The van der Waals surface area contributed by atoms with Gasteiger partial charge in [0, 0.05) is 25.4 Å². The van der Waals surface area contributed by atoms with E-state index in [1.807, 2.05) is 37.7 Å². The van der Waals surface area contributed by atoms with Crippen molar-refractivity contribution in [3.8, 4) is 5.82 Å². The van der Waals surface area contributed by atoms with Crippen molar-refractivity contribution in [2.45, 2.75) is 33.6 Å². The molecule has 0 bridgehead atoms. The Labute approximate surface area is 137 Å². The maximum Gasteiger partial charge on any atom is 0.174 e. The zero-order valence-electron chi connectivity index (χ0n) is 14.2. The van der Waals surface area contributed by atoms with E-state index in [0.29, 0.717) is 5.92 Å². The minimum atomic E-state index is 0.572. The van der Waals surface area contributed by atoms with Crippen LogP contribution in [0.3, 0.4) is 0 Å². The molecule has 1 unspecified atom stereocenters. The lowest BCUT2D eigenvalue weighted by atomic mass is 9.99. The molecule has 0 amide bonds. The molecule has 1 aliphatic rings. The summed E-state index contributed by atoms with van der Waals surface area (Å²) in [5.74, 6) is 2.28. The number of anilines is 1. The van der Waals surface area contributed by atoms with Gasteiger partial charge in [-0.15, -0.1) is 0 Å². The summed E-state index contributed by atoms with van der Waals surface area (Å²) in [6, 6.07) is 2.05. The first-order valence-corrected chi connectivity index (χ1v) is 8.35. The van der Waals surface area contributed by atoms with Crippen molar-refractivity contribution in [2.75, 3.05) is 31.2 Å². The smallest absolute Gasteiger partial charge is 0.174 e. The zero-order chi connectivity index (χ0) is 16.2. The van der Waals surface area contributed by atoms with E-state index in [4.69, 9.17) is 9.72 Å². The second-order valence-electron chi connectivity index (χ2n) is 6.19. The van der Waals surface area contributed by atoms with Gasteiger partial charge in [0.25, 0.3) is 0 Å². The van der Waals surface area contributed by atoms with E-state index in [1.54, 1.807) is 6.20 Å². The van der Waals surface area contributed by atoms with Crippen molar-refractivity contribution >= 4 is 5.82 Å². The number of piperidine rings is 1. The Bertz CT molecular complexity index is 654. The zero-order valence-corrected chi connectivity index (χ0v) is 14.2. The molecule has 0 saturated carbocycles. The Morgan fingerprint density at radius 3 is 2.83 bits per heavy atom. The molecule has 3 heterocycles. The van der Waals surface area contributed by atoms with E-state index < -0.39 is 0 Å². The fraction of sp³-hybridized carbons (Fsp3) is 0.588. The van der Waals surface area contributed by atoms with Crippen LogP contribution in [0.4, 0.5) is 5.82 Å². The molecule has 3 rings (SSSR count). The molecule has 1 fully saturated rings.